The summed E-state index contributed by atoms with van der Waals surface area (Å²) in [6.07, 6.45) is 0. The minimum atomic E-state index is -0.856. The van der Waals surface area contributed by atoms with Crippen molar-refractivity contribution in [2.45, 2.75) is 5.60 Å². The molecule has 0 saturated carbocycles. The molecule has 3 N–H and O–H groups in total. The first kappa shape index (κ1) is 8.81. The summed E-state index contributed by atoms with van der Waals surface area (Å²) < 4.78 is 0. The third-order valence-electron chi connectivity index (χ3n) is 2.29. The van der Waals surface area contributed by atoms with Crippen LogP contribution in [0.2, 0.25) is 5.02 Å². The summed E-state index contributed by atoms with van der Waals surface area (Å²) >= 11 is 5.88. The second-order valence-corrected chi connectivity index (χ2v) is 3.71. The van der Waals surface area contributed by atoms with Crippen LogP contribution in [0.1, 0.15) is 5.56 Å². The third kappa shape index (κ3) is 1.39. The highest BCUT2D eigenvalue weighted by Gasteiger charge is 2.37. The largest absolute Gasteiger partial charge is 0.508 e. The molecule has 70 valence electrons. The van der Waals surface area contributed by atoms with E-state index in [0.717, 1.165) is 0 Å². The highest BCUT2D eigenvalue weighted by atomic mass is 35.5. The first-order valence-electron chi connectivity index (χ1n) is 4.04. The van der Waals surface area contributed by atoms with Gasteiger partial charge in [0.2, 0.25) is 0 Å². The smallest absolute Gasteiger partial charge is 0.117 e. The van der Waals surface area contributed by atoms with E-state index in [4.69, 9.17) is 16.7 Å². The van der Waals surface area contributed by atoms with Crippen LogP contribution in [0.25, 0.3) is 0 Å². The highest BCUT2D eigenvalue weighted by molar-refractivity contribution is 6.31. The SMILES string of the molecule is Oc1ccc(C2(O)CNC2)c(Cl)c1. The maximum atomic E-state index is 9.92. The molecule has 0 unspecified atom stereocenters. The van der Waals surface area contributed by atoms with Crippen LogP contribution in [0, 0.1) is 0 Å². The summed E-state index contributed by atoms with van der Waals surface area (Å²) in [6, 6.07) is 4.61. The van der Waals surface area contributed by atoms with Gasteiger partial charge >= 0.3 is 0 Å². The topological polar surface area (TPSA) is 52.5 Å². The zero-order chi connectivity index (χ0) is 9.47. The molecule has 3 nitrogen and oxygen atoms in total. The fraction of sp³-hybridized carbons (Fsp3) is 0.333. The molecule has 0 aromatic heterocycles. The Bertz CT molecular complexity index is 336. The maximum absolute atomic E-state index is 9.92. The summed E-state index contributed by atoms with van der Waals surface area (Å²) in [7, 11) is 0. The lowest BCUT2D eigenvalue weighted by molar-refractivity contribution is -0.0145. The number of β-amino-alcohol motifs (C(OH)–C–C–N with tert-alkyl or cyclic N) is 1. The molecule has 0 amide bonds. The van der Waals surface area contributed by atoms with Crippen LogP contribution >= 0.6 is 11.6 Å². The number of rotatable bonds is 1. The summed E-state index contributed by atoms with van der Waals surface area (Å²) in [4.78, 5) is 0. The molecule has 1 aromatic carbocycles. The summed E-state index contributed by atoms with van der Waals surface area (Å²) in [5.41, 5.74) is -0.184. The molecular weight excluding hydrogens is 190 g/mol. The average molecular weight is 200 g/mol. The number of hydrogen-bond donors (Lipinski definition) is 3. The van der Waals surface area contributed by atoms with Crippen LogP contribution in [0.5, 0.6) is 5.75 Å². The van der Waals surface area contributed by atoms with E-state index in [0.29, 0.717) is 23.7 Å². The molecule has 0 radical (unpaired) electrons. The Balaban J connectivity index is 2.40. The van der Waals surface area contributed by atoms with Gasteiger partial charge in [-0.2, -0.15) is 0 Å². The lowest BCUT2D eigenvalue weighted by atomic mass is 9.88. The van der Waals surface area contributed by atoms with Gasteiger partial charge in [0.1, 0.15) is 11.4 Å². The van der Waals surface area contributed by atoms with E-state index in [1.807, 2.05) is 0 Å². The predicted octanol–water partition coefficient (Wildman–Crippen LogP) is 0.836. The third-order valence-corrected chi connectivity index (χ3v) is 2.60. The van der Waals surface area contributed by atoms with E-state index >= 15 is 0 Å². The standard InChI is InChI=1S/C9H10ClNO2/c10-8-3-6(12)1-2-7(8)9(13)4-11-5-9/h1-3,11-13H,4-5H2. The van der Waals surface area contributed by atoms with E-state index in [2.05, 4.69) is 5.32 Å². The Labute approximate surface area is 81.0 Å². The molecule has 1 aliphatic rings. The van der Waals surface area contributed by atoms with Crippen molar-refractivity contribution in [3.8, 4) is 5.75 Å². The number of halogens is 1. The van der Waals surface area contributed by atoms with Crippen molar-refractivity contribution >= 4 is 11.6 Å². The molecule has 0 bridgehead atoms. The van der Waals surface area contributed by atoms with Gasteiger partial charge in [-0.1, -0.05) is 17.7 Å². The van der Waals surface area contributed by atoms with Crippen LogP contribution in [0.15, 0.2) is 18.2 Å². The van der Waals surface area contributed by atoms with Crippen molar-refractivity contribution in [3.05, 3.63) is 28.8 Å². The Hall–Kier alpha value is -0.770. The molecule has 0 aliphatic carbocycles. The molecule has 1 saturated heterocycles. The molecule has 1 aromatic rings. The van der Waals surface area contributed by atoms with Gasteiger partial charge in [0.25, 0.3) is 0 Å². The second kappa shape index (κ2) is 2.87. The van der Waals surface area contributed by atoms with Crippen molar-refractivity contribution in [1.29, 1.82) is 0 Å². The minimum Gasteiger partial charge on any atom is -0.508 e. The monoisotopic (exact) mass is 199 g/mol. The van der Waals surface area contributed by atoms with Gasteiger partial charge < -0.3 is 15.5 Å². The molecule has 0 spiro atoms. The number of nitrogens with one attached hydrogen (secondary N) is 1. The molecule has 0 atom stereocenters. The molecule has 1 fully saturated rings. The van der Waals surface area contributed by atoms with Gasteiger partial charge in [0.05, 0.1) is 5.02 Å². The van der Waals surface area contributed by atoms with E-state index in [1.54, 1.807) is 6.07 Å². The molecule has 4 heteroatoms. The predicted molar refractivity (Wildman–Crippen MR) is 49.9 cm³/mol. The lowest BCUT2D eigenvalue weighted by Gasteiger charge is -2.38. The van der Waals surface area contributed by atoms with E-state index < -0.39 is 5.60 Å². The Morgan fingerprint density at radius 1 is 1.38 bits per heavy atom. The number of aromatic hydroxyl groups is 1. The fourth-order valence-corrected chi connectivity index (χ4v) is 1.78. The van der Waals surface area contributed by atoms with Gasteiger partial charge in [-0.25, -0.2) is 0 Å². The number of aliphatic hydroxyl groups is 1. The summed E-state index contributed by atoms with van der Waals surface area (Å²) in [5, 5.41) is 22.4. The lowest BCUT2D eigenvalue weighted by Crippen LogP contribution is -2.56. The normalized spacial score (nSPS) is 19.5. The van der Waals surface area contributed by atoms with Gasteiger partial charge in [-0.15, -0.1) is 0 Å². The van der Waals surface area contributed by atoms with Crippen LogP contribution in [-0.2, 0) is 5.60 Å². The first-order valence-corrected chi connectivity index (χ1v) is 4.42. The Morgan fingerprint density at radius 3 is 2.54 bits per heavy atom. The van der Waals surface area contributed by atoms with Gasteiger partial charge in [-0.05, 0) is 12.1 Å². The Kier molecular flexibility index (Phi) is 1.95. The fourth-order valence-electron chi connectivity index (χ4n) is 1.43. The molecule has 1 aliphatic heterocycles. The van der Waals surface area contributed by atoms with Crippen molar-refractivity contribution in [2.75, 3.05) is 13.1 Å². The first-order chi connectivity index (χ1) is 6.12. The van der Waals surface area contributed by atoms with Gasteiger partial charge in [0, 0.05) is 18.7 Å². The van der Waals surface area contributed by atoms with Crippen molar-refractivity contribution in [1.82, 2.24) is 5.32 Å². The van der Waals surface area contributed by atoms with Crippen molar-refractivity contribution < 1.29 is 10.2 Å². The minimum absolute atomic E-state index is 0.115. The van der Waals surface area contributed by atoms with Gasteiger partial charge in [0.15, 0.2) is 0 Å². The van der Waals surface area contributed by atoms with Crippen LogP contribution in [-0.4, -0.2) is 23.3 Å². The quantitative estimate of drug-likeness (QED) is 0.628. The number of phenolic OH excluding ortho intramolecular Hbond substituents is 1. The molecule has 1 heterocycles. The van der Waals surface area contributed by atoms with E-state index in [-0.39, 0.29) is 5.75 Å². The highest BCUT2D eigenvalue weighted by Crippen LogP contribution is 2.33. The molecule has 2 rings (SSSR count). The van der Waals surface area contributed by atoms with Crippen LogP contribution in [0.3, 0.4) is 0 Å². The maximum Gasteiger partial charge on any atom is 0.117 e. The zero-order valence-electron chi connectivity index (χ0n) is 6.92. The van der Waals surface area contributed by atoms with Crippen molar-refractivity contribution in [2.24, 2.45) is 0 Å². The van der Waals surface area contributed by atoms with Crippen LogP contribution in [0.4, 0.5) is 0 Å². The van der Waals surface area contributed by atoms with Crippen LogP contribution < -0.4 is 5.32 Å². The molecular formula is C9H10ClNO2. The van der Waals surface area contributed by atoms with E-state index in [9.17, 15) is 5.11 Å². The zero-order valence-corrected chi connectivity index (χ0v) is 7.67. The molecule has 13 heavy (non-hydrogen) atoms. The van der Waals surface area contributed by atoms with E-state index in [1.165, 1.54) is 12.1 Å². The van der Waals surface area contributed by atoms with Gasteiger partial charge in [-0.3, -0.25) is 0 Å². The number of benzene rings is 1. The number of hydrogen-bond acceptors (Lipinski definition) is 3. The second-order valence-electron chi connectivity index (χ2n) is 3.30. The Morgan fingerprint density at radius 2 is 2.08 bits per heavy atom. The summed E-state index contributed by atoms with van der Waals surface area (Å²) in [5.74, 6) is 0.115. The number of phenols is 1. The summed E-state index contributed by atoms with van der Waals surface area (Å²) in [6.45, 7) is 1.02. The van der Waals surface area contributed by atoms with Crippen molar-refractivity contribution in [3.63, 3.8) is 0 Å². The average Bonchev–Trinajstić information content (AvgIpc) is 2.00.